The van der Waals surface area contributed by atoms with Crippen molar-refractivity contribution in [3.63, 3.8) is 0 Å². The molecule has 0 spiro atoms. The van der Waals surface area contributed by atoms with E-state index >= 15 is 0 Å². The van der Waals surface area contributed by atoms with Gasteiger partial charge in [0.1, 0.15) is 0 Å². The second-order valence-corrected chi connectivity index (χ2v) is 7.82. The molecule has 0 atom stereocenters. The summed E-state index contributed by atoms with van der Waals surface area (Å²) in [6, 6.07) is 11.7. The third-order valence-electron chi connectivity index (χ3n) is 3.26. The maximum Gasteiger partial charge on any atom is 0.208 e. The summed E-state index contributed by atoms with van der Waals surface area (Å²) in [4.78, 5) is 4.58. The minimum absolute atomic E-state index is 0.400. The molecule has 23 heavy (non-hydrogen) atoms. The van der Waals surface area contributed by atoms with Crippen molar-refractivity contribution in [2.24, 2.45) is 0 Å². The standard InChI is InChI=1S/C16H16N2O3S2/c1-23(19,20)17-9-8-12-4-6-13(7-5-12)14-11-22-16(18-14)15-3-2-10-21-15/h2-7,10-11,17H,8-9H2,1H3. The van der Waals surface area contributed by atoms with Gasteiger partial charge in [-0.2, -0.15) is 0 Å². The SMILES string of the molecule is CS(=O)(=O)NCCc1ccc(-c2csc(-c3ccco3)n2)cc1. The van der Waals surface area contributed by atoms with Crippen molar-refractivity contribution in [1.82, 2.24) is 9.71 Å². The molecule has 0 bridgehead atoms. The third kappa shape index (κ3) is 4.28. The van der Waals surface area contributed by atoms with Crippen molar-refractivity contribution in [3.8, 4) is 22.0 Å². The van der Waals surface area contributed by atoms with Crippen molar-refractivity contribution >= 4 is 21.4 Å². The molecule has 0 radical (unpaired) electrons. The monoisotopic (exact) mass is 348 g/mol. The van der Waals surface area contributed by atoms with Crippen LogP contribution in [0.4, 0.5) is 0 Å². The van der Waals surface area contributed by atoms with Crippen LogP contribution in [0.1, 0.15) is 5.56 Å². The molecule has 7 heteroatoms. The summed E-state index contributed by atoms with van der Waals surface area (Å²) in [6.45, 7) is 0.400. The fourth-order valence-corrected chi connectivity index (χ4v) is 3.41. The normalized spacial score (nSPS) is 11.7. The van der Waals surface area contributed by atoms with Crippen LogP contribution in [0.3, 0.4) is 0 Å². The first-order valence-corrected chi connectivity index (χ1v) is 9.82. The number of rotatable bonds is 6. The fraction of sp³-hybridized carbons (Fsp3) is 0.188. The Morgan fingerprint density at radius 2 is 2.00 bits per heavy atom. The minimum Gasteiger partial charge on any atom is -0.462 e. The summed E-state index contributed by atoms with van der Waals surface area (Å²) in [5.41, 5.74) is 3.01. The van der Waals surface area contributed by atoms with E-state index in [1.807, 2.05) is 41.8 Å². The number of thiazole rings is 1. The van der Waals surface area contributed by atoms with Gasteiger partial charge in [0.05, 0.1) is 18.2 Å². The predicted molar refractivity (Wildman–Crippen MR) is 91.8 cm³/mol. The zero-order valence-corrected chi connectivity index (χ0v) is 14.2. The van der Waals surface area contributed by atoms with Gasteiger partial charge in [-0.25, -0.2) is 18.1 Å². The molecule has 1 N–H and O–H groups in total. The van der Waals surface area contributed by atoms with Crippen LogP contribution in [0.2, 0.25) is 0 Å². The first-order chi connectivity index (χ1) is 11.0. The lowest BCUT2D eigenvalue weighted by Gasteiger charge is -2.04. The molecular formula is C16H16N2O3S2. The van der Waals surface area contributed by atoms with Gasteiger partial charge in [0.15, 0.2) is 10.8 Å². The Bertz CT molecular complexity index is 866. The van der Waals surface area contributed by atoms with E-state index in [0.717, 1.165) is 33.8 Å². The van der Waals surface area contributed by atoms with Crippen LogP contribution in [0.15, 0.2) is 52.5 Å². The highest BCUT2D eigenvalue weighted by molar-refractivity contribution is 7.88. The van der Waals surface area contributed by atoms with Gasteiger partial charge in [0, 0.05) is 17.5 Å². The Kier molecular flexibility index (Phi) is 4.61. The number of benzene rings is 1. The quantitative estimate of drug-likeness (QED) is 0.743. The molecule has 3 aromatic rings. The molecular weight excluding hydrogens is 332 g/mol. The van der Waals surface area contributed by atoms with Crippen LogP contribution in [0.25, 0.3) is 22.0 Å². The molecule has 0 aliphatic heterocycles. The van der Waals surface area contributed by atoms with E-state index in [9.17, 15) is 8.42 Å². The van der Waals surface area contributed by atoms with Crippen molar-refractivity contribution in [1.29, 1.82) is 0 Å². The van der Waals surface area contributed by atoms with E-state index < -0.39 is 10.0 Å². The lowest BCUT2D eigenvalue weighted by molar-refractivity contribution is 0.582. The van der Waals surface area contributed by atoms with Gasteiger partial charge >= 0.3 is 0 Å². The molecule has 2 aromatic heterocycles. The summed E-state index contributed by atoms with van der Waals surface area (Å²) < 4.78 is 29.9. The Balaban J connectivity index is 1.68. The predicted octanol–water partition coefficient (Wildman–Crippen LogP) is 3.16. The topological polar surface area (TPSA) is 72.2 Å². The maximum absolute atomic E-state index is 11.0. The Morgan fingerprint density at radius 3 is 2.65 bits per heavy atom. The highest BCUT2D eigenvalue weighted by Gasteiger charge is 2.08. The lowest BCUT2D eigenvalue weighted by atomic mass is 10.1. The van der Waals surface area contributed by atoms with Crippen LogP contribution >= 0.6 is 11.3 Å². The molecule has 3 rings (SSSR count). The molecule has 2 heterocycles. The largest absolute Gasteiger partial charge is 0.462 e. The number of aromatic nitrogens is 1. The summed E-state index contributed by atoms with van der Waals surface area (Å²) in [6.07, 6.45) is 3.45. The minimum atomic E-state index is -3.13. The van der Waals surface area contributed by atoms with Gasteiger partial charge in [-0.3, -0.25) is 0 Å². The molecule has 0 amide bonds. The van der Waals surface area contributed by atoms with Gasteiger partial charge in [0.2, 0.25) is 10.0 Å². The Labute approximate surface area is 139 Å². The van der Waals surface area contributed by atoms with E-state index in [0.29, 0.717) is 13.0 Å². The second kappa shape index (κ2) is 6.66. The number of hydrogen-bond acceptors (Lipinski definition) is 5. The van der Waals surface area contributed by atoms with Gasteiger partial charge in [-0.15, -0.1) is 11.3 Å². The van der Waals surface area contributed by atoms with Crippen molar-refractivity contribution in [2.45, 2.75) is 6.42 Å². The van der Waals surface area contributed by atoms with Crippen LogP contribution in [-0.2, 0) is 16.4 Å². The first-order valence-electron chi connectivity index (χ1n) is 7.05. The molecule has 0 unspecified atom stereocenters. The van der Waals surface area contributed by atoms with E-state index in [1.54, 1.807) is 17.6 Å². The fourth-order valence-electron chi connectivity index (χ4n) is 2.14. The molecule has 1 aromatic carbocycles. The van der Waals surface area contributed by atoms with Crippen molar-refractivity contribution in [2.75, 3.05) is 12.8 Å². The van der Waals surface area contributed by atoms with E-state index in [2.05, 4.69) is 9.71 Å². The number of furan rings is 1. The van der Waals surface area contributed by atoms with Crippen molar-refractivity contribution < 1.29 is 12.8 Å². The van der Waals surface area contributed by atoms with E-state index in [4.69, 9.17) is 4.42 Å². The molecule has 120 valence electrons. The molecule has 0 aliphatic carbocycles. The van der Waals surface area contributed by atoms with Crippen LogP contribution in [-0.4, -0.2) is 26.2 Å². The van der Waals surface area contributed by atoms with Gasteiger partial charge in [0.25, 0.3) is 0 Å². The smallest absolute Gasteiger partial charge is 0.208 e. The van der Waals surface area contributed by atoms with E-state index in [1.165, 1.54) is 0 Å². The number of nitrogens with one attached hydrogen (secondary N) is 1. The zero-order chi connectivity index (χ0) is 16.3. The highest BCUT2D eigenvalue weighted by atomic mass is 32.2. The Morgan fingerprint density at radius 1 is 1.22 bits per heavy atom. The summed E-state index contributed by atoms with van der Waals surface area (Å²) in [5, 5.41) is 2.85. The molecule has 0 fully saturated rings. The molecule has 5 nitrogen and oxygen atoms in total. The van der Waals surface area contributed by atoms with Crippen molar-refractivity contribution in [3.05, 3.63) is 53.6 Å². The third-order valence-corrected chi connectivity index (χ3v) is 4.85. The maximum atomic E-state index is 11.0. The van der Waals surface area contributed by atoms with E-state index in [-0.39, 0.29) is 0 Å². The first kappa shape index (κ1) is 15.9. The highest BCUT2D eigenvalue weighted by Crippen LogP contribution is 2.29. The zero-order valence-electron chi connectivity index (χ0n) is 12.5. The summed E-state index contributed by atoms with van der Waals surface area (Å²) >= 11 is 1.54. The van der Waals surface area contributed by atoms with Crippen LogP contribution in [0.5, 0.6) is 0 Å². The number of nitrogens with zero attached hydrogens (tertiary/aromatic N) is 1. The average Bonchev–Trinajstić information content (AvgIpc) is 3.18. The van der Waals surface area contributed by atoms with Gasteiger partial charge in [-0.05, 0) is 24.1 Å². The Hall–Kier alpha value is -1.96. The summed E-state index contributed by atoms with van der Waals surface area (Å²) in [7, 11) is -3.13. The molecule has 0 aliphatic rings. The average molecular weight is 348 g/mol. The number of sulfonamides is 1. The second-order valence-electron chi connectivity index (χ2n) is 5.13. The summed E-state index contributed by atoms with van der Waals surface area (Å²) in [5.74, 6) is 0.768. The van der Waals surface area contributed by atoms with Gasteiger partial charge in [-0.1, -0.05) is 24.3 Å². The molecule has 0 saturated heterocycles. The van der Waals surface area contributed by atoms with Crippen LogP contribution in [0, 0.1) is 0 Å². The van der Waals surface area contributed by atoms with Gasteiger partial charge < -0.3 is 4.42 Å². The molecule has 0 saturated carbocycles. The van der Waals surface area contributed by atoms with Crippen LogP contribution < -0.4 is 4.72 Å². The number of hydrogen-bond donors (Lipinski definition) is 1. The lowest BCUT2D eigenvalue weighted by Crippen LogP contribution is -2.24.